The number of aliphatic hydroxyl groups excluding tert-OH is 1. The molecule has 0 atom stereocenters. The molecule has 3 aromatic rings. The summed E-state index contributed by atoms with van der Waals surface area (Å²) in [7, 11) is -2.26. The Morgan fingerprint density at radius 3 is 2.58 bits per heavy atom. The van der Waals surface area contributed by atoms with Crippen molar-refractivity contribution in [1.82, 2.24) is 19.1 Å². The molecule has 0 aliphatic carbocycles. The van der Waals surface area contributed by atoms with Crippen molar-refractivity contribution < 1.29 is 27.8 Å². The van der Waals surface area contributed by atoms with Gasteiger partial charge in [-0.05, 0) is 50.5 Å². The minimum absolute atomic E-state index is 0.0160. The van der Waals surface area contributed by atoms with Gasteiger partial charge in [0.2, 0.25) is 10.0 Å². The van der Waals surface area contributed by atoms with Gasteiger partial charge in [-0.2, -0.15) is 9.40 Å². The third kappa shape index (κ3) is 6.61. The number of pyridine rings is 1. The van der Waals surface area contributed by atoms with Crippen LogP contribution in [0.25, 0.3) is 22.2 Å². The number of aromatic nitrogens is 3. The number of aliphatic hydroxyl groups is 1. The third-order valence-corrected chi connectivity index (χ3v) is 7.90. The molecule has 3 rings (SSSR count). The molecule has 0 aliphatic rings. The van der Waals surface area contributed by atoms with Crippen molar-refractivity contribution in [1.29, 1.82) is 0 Å². The molecule has 38 heavy (non-hydrogen) atoms. The summed E-state index contributed by atoms with van der Waals surface area (Å²) in [5, 5.41) is 14.5. The number of nitrogens with zero attached hydrogens (tertiary/aromatic N) is 3. The van der Waals surface area contributed by atoms with Crippen molar-refractivity contribution in [3.8, 4) is 17.0 Å². The molecule has 11 nitrogen and oxygen atoms in total. The fraction of sp³-hybridized carbons (Fsp3) is 0.500. The van der Waals surface area contributed by atoms with Gasteiger partial charge in [-0.15, -0.1) is 0 Å². The molecule has 2 heterocycles. The first-order valence-electron chi connectivity index (χ1n) is 12.7. The number of rotatable bonds is 14. The molecule has 1 aromatic carbocycles. The Kier molecular flexibility index (Phi) is 10.1. The van der Waals surface area contributed by atoms with Crippen molar-refractivity contribution in [2.75, 3.05) is 32.9 Å². The number of nitrogens with one attached hydrogen (secondary N) is 1. The molecule has 0 radical (unpaired) electrons. The number of hydrogen-bond acceptors (Lipinski definition) is 8. The lowest BCUT2D eigenvalue weighted by molar-refractivity contribution is -0.141. The van der Waals surface area contributed by atoms with Crippen LogP contribution in [0.5, 0.6) is 5.75 Å². The Hall–Kier alpha value is -3.22. The lowest BCUT2D eigenvalue weighted by atomic mass is 10.1. The lowest BCUT2D eigenvalue weighted by Gasteiger charge is -2.23. The maximum absolute atomic E-state index is 13.7. The van der Waals surface area contributed by atoms with Gasteiger partial charge in [0, 0.05) is 44.6 Å². The highest BCUT2D eigenvalue weighted by Gasteiger charge is 2.26. The molecule has 208 valence electrons. The lowest BCUT2D eigenvalue weighted by Crippen LogP contribution is -2.34. The number of fused-ring (bicyclic) bond motifs is 1. The molecule has 0 saturated carbocycles. The van der Waals surface area contributed by atoms with E-state index < -0.39 is 16.0 Å². The van der Waals surface area contributed by atoms with Crippen LogP contribution in [0.1, 0.15) is 45.7 Å². The molecule has 0 amide bonds. The number of carbonyl (C=O) groups is 1. The second-order valence-corrected chi connectivity index (χ2v) is 10.8. The molecule has 2 aromatic heterocycles. The fourth-order valence-corrected chi connectivity index (χ4v) is 5.86. The average molecular weight is 549 g/mol. The molecule has 0 aliphatic heterocycles. The Morgan fingerprint density at radius 2 is 1.92 bits per heavy atom. The first kappa shape index (κ1) is 29.3. The van der Waals surface area contributed by atoms with Gasteiger partial charge in [-0.25, -0.2) is 8.42 Å². The summed E-state index contributed by atoms with van der Waals surface area (Å²) in [6.45, 7) is 5.61. The van der Waals surface area contributed by atoms with Crippen LogP contribution in [0.15, 0.2) is 34.0 Å². The largest absolute Gasteiger partial charge is 0.493 e. The second kappa shape index (κ2) is 13.0. The Balaban J connectivity index is 2.09. The van der Waals surface area contributed by atoms with Gasteiger partial charge in [0.05, 0.1) is 29.5 Å². The Labute approximate surface area is 222 Å². The minimum Gasteiger partial charge on any atom is -0.493 e. The Bertz CT molecular complexity index is 1430. The smallest absolute Gasteiger partial charge is 0.302 e. The summed E-state index contributed by atoms with van der Waals surface area (Å²) in [6, 6.07) is 6.34. The van der Waals surface area contributed by atoms with Crippen LogP contribution in [-0.4, -0.2) is 71.5 Å². The zero-order valence-electron chi connectivity index (χ0n) is 22.3. The Morgan fingerprint density at radius 1 is 1.18 bits per heavy atom. The molecular formula is C26H36N4O7S. The number of carbonyl (C=O) groups excluding carboxylic acids is 1. The standard InChI is InChI=1S/C26H36N4O7S/c1-5-9-22-21-17-23(27-26(33)25(21)29(4)28-22)20-16-19(10-11-24(20)36-6-2)38(34,35)30(12-7-14-31)13-8-15-37-18(3)32/h10-11,16-17,31H,5-9,12-15H2,1-4H3,(H,27,33). The van der Waals surface area contributed by atoms with E-state index in [-0.39, 0.29) is 43.2 Å². The van der Waals surface area contributed by atoms with E-state index in [0.29, 0.717) is 47.4 Å². The summed E-state index contributed by atoms with van der Waals surface area (Å²) in [5.74, 6) is -0.00765. The second-order valence-electron chi connectivity index (χ2n) is 8.86. The van der Waals surface area contributed by atoms with Gasteiger partial charge in [-0.3, -0.25) is 14.3 Å². The van der Waals surface area contributed by atoms with Crippen LogP contribution in [0.2, 0.25) is 0 Å². The molecule has 0 saturated heterocycles. The van der Waals surface area contributed by atoms with Crippen LogP contribution in [0.3, 0.4) is 0 Å². The number of ether oxygens (including phenoxy) is 2. The predicted molar refractivity (Wildman–Crippen MR) is 144 cm³/mol. The SMILES string of the molecule is CCCc1nn(C)c2c(=O)[nH]c(-c3cc(S(=O)(=O)N(CCCO)CCCOC(C)=O)ccc3OCC)cc12. The average Bonchev–Trinajstić information content (AvgIpc) is 3.19. The molecule has 0 fully saturated rings. The van der Waals surface area contributed by atoms with E-state index in [0.717, 1.165) is 12.1 Å². The van der Waals surface area contributed by atoms with Crippen molar-refractivity contribution >= 4 is 26.9 Å². The zero-order chi connectivity index (χ0) is 27.9. The minimum atomic E-state index is -3.98. The van der Waals surface area contributed by atoms with E-state index >= 15 is 0 Å². The normalized spacial score (nSPS) is 11.8. The first-order valence-corrected chi connectivity index (χ1v) is 14.2. The summed E-state index contributed by atoms with van der Waals surface area (Å²) in [5.41, 5.74) is 1.76. The highest BCUT2D eigenvalue weighted by molar-refractivity contribution is 7.89. The molecular weight excluding hydrogens is 512 g/mol. The van der Waals surface area contributed by atoms with Crippen molar-refractivity contribution in [3.63, 3.8) is 0 Å². The van der Waals surface area contributed by atoms with Crippen LogP contribution < -0.4 is 10.3 Å². The molecule has 0 spiro atoms. The molecule has 12 heteroatoms. The zero-order valence-corrected chi connectivity index (χ0v) is 23.1. The van der Waals surface area contributed by atoms with Crippen LogP contribution in [-0.2, 0) is 33.0 Å². The van der Waals surface area contributed by atoms with Gasteiger partial charge in [0.1, 0.15) is 11.3 Å². The maximum Gasteiger partial charge on any atom is 0.302 e. The van der Waals surface area contributed by atoms with E-state index in [1.54, 1.807) is 17.8 Å². The van der Waals surface area contributed by atoms with E-state index in [4.69, 9.17) is 9.47 Å². The summed E-state index contributed by atoms with van der Waals surface area (Å²) < 4.78 is 40.9. The van der Waals surface area contributed by atoms with E-state index in [2.05, 4.69) is 10.1 Å². The number of aromatic amines is 1. The number of aryl methyl sites for hydroxylation is 2. The van der Waals surface area contributed by atoms with Crippen LogP contribution >= 0.6 is 0 Å². The van der Waals surface area contributed by atoms with Crippen LogP contribution in [0.4, 0.5) is 0 Å². The number of benzene rings is 1. The summed E-state index contributed by atoms with van der Waals surface area (Å²) in [6.07, 6.45) is 2.11. The van der Waals surface area contributed by atoms with E-state index in [1.165, 1.54) is 23.4 Å². The highest BCUT2D eigenvalue weighted by Crippen LogP contribution is 2.33. The summed E-state index contributed by atoms with van der Waals surface area (Å²) >= 11 is 0. The van der Waals surface area contributed by atoms with Gasteiger partial charge in [0.25, 0.3) is 5.56 Å². The van der Waals surface area contributed by atoms with Crippen molar-refractivity contribution in [2.45, 2.75) is 51.3 Å². The molecule has 0 unspecified atom stereocenters. The number of esters is 1. The summed E-state index contributed by atoms with van der Waals surface area (Å²) in [4.78, 5) is 27.0. The number of sulfonamides is 1. The monoisotopic (exact) mass is 548 g/mol. The predicted octanol–water partition coefficient (Wildman–Crippen LogP) is 2.61. The molecule has 0 bridgehead atoms. The first-order chi connectivity index (χ1) is 18.1. The van der Waals surface area contributed by atoms with Gasteiger partial charge in [-0.1, -0.05) is 13.3 Å². The number of hydrogen-bond donors (Lipinski definition) is 2. The van der Waals surface area contributed by atoms with Gasteiger partial charge >= 0.3 is 5.97 Å². The van der Waals surface area contributed by atoms with Crippen molar-refractivity contribution in [3.05, 3.63) is 40.3 Å². The topological polar surface area (TPSA) is 144 Å². The highest BCUT2D eigenvalue weighted by atomic mass is 32.2. The number of H-pyrrole nitrogens is 1. The van der Waals surface area contributed by atoms with E-state index in [1.807, 2.05) is 19.9 Å². The van der Waals surface area contributed by atoms with E-state index in [9.17, 15) is 23.1 Å². The third-order valence-electron chi connectivity index (χ3n) is 6.00. The van der Waals surface area contributed by atoms with Gasteiger partial charge < -0.3 is 19.6 Å². The maximum atomic E-state index is 13.7. The van der Waals surface area contributed by atoms with Gasteiger partial charge in [0.15, 0.2) is 0 Å². The molecule has 2 N–H and O–H groups in total. The fourth-order valence-electron chi connectivity index (χ4n) is 4.31. The quantitative estimate of drug-likeness (QED) is 0.231. The van der Waals surface area contributed by atoms with Crippen molar-refractivity contribution in [2.24, 2.45) is 7.05 Å². The van der Waals surface area contributed by atoms with Crippen LogP contribution in [0, 0.1) is 0 Å².